The number of Topliss-reactive ketones (excluding diaryl/α,β-unsaturated/α-hetero) is 1. The van der Waals surface area contributed by atoms with Crippen LogP contribution in [0.2, 0.25) is 0 Å². The van der Waals surface area contributed by atoms with Crippen LogP contribution in [0.5, 0.6) is 0 Å². The first-order valence-corrected chi connectivity index (χ1v) is 35.8. The number of aliphatic hydroxyl groups is 7. The highest BCUT2D eigenvalue weighted by molar-refractivity contribution is 7.58. The van der Waals surface area contributed by atoms with Crippen LogP contribution < -0.4 is 16.0 Å². The maximum Gasteiger partial charge on any atom is 0.697 e. The van der Waals surface area contributed by atoms with E-state index in [0.29, 0.717) is 122 Å². The van der Waals surface area contributed by atoms with Gasteiger partial charge in [-0.05, 0) is 95.3 Å². The third-order valence-electron chi connectivity index (χ3n) is 17.1. The van der Waals surface area contributed by atoms with Crippen LogP contribution in [-0.4, -0.2) is 240 Å². The van der Waals surface area contributed by atoms with Gasteiger partial charge in [0.05, 0.1) is 56.8 Å². The number of likely N-dealkylation sites (tertiary alicyclic amines) is 2. The van der Waals surface area contributed by atoms with E-state index in [1.807, 2.05) is 6.92 Å². The van der Waals surface area contributed by atoms with Crippen LogP contribution in [0, 0.1) is 23.7 Å². The summed E-state index contributed by atoms with van der Waals surface area (Å²) < 4.78 is 65.5. The molecule has 89 heavy (non-hydrogen) atoms. The van der Waals surface area contributed by atoms with Gasteiger partial charge in [-0.2, -0.15) is 0 Å². The molecule has 12 unspecified atom stereocenters. The Morgan fingerprint density at radius 2 is 1.12 bits per heavy atom. The summed E-state index contributed by atoms with van der Waals surface area (Å²) in [7, 11) is -5.71. The topological polar surface area (TPSA) is 385 Å². The van der Waals surface area contributed by atoms with Crippen molar-refractivity contribution in [2.45, 2.75) is 230 Å². The Morgan fingerprint density at radius 3 is 1.70 bits per heavy atom. The Bertz CT molecular complexity index is 2190. The van der Waals surface area contributed by atoms with Crippen LogP contribution in [0.4, 0.5) is 0 Å². The first-order chi connectivity index (χ1) is 42.5. The fraction of sp³-hybridized carbons (Fsp3) is 0.900. The number of nitrogens with zero attached hydrogens (tertiary/aromatic N) is 2. The number of hydrogen-bond donors (Lipinski definition) is 10. The van der Waals surface area contributed by atoms with Crippen LogP contribution in [0.25, 0.3) is 0 Å². The summed E-state index contributed by atoms with van der Waals surface area (Å²) in [6.45, 7) is 9.21. The number of ketones is 1. The number of nitrogens with one attached hydrogen (secondary N) is 3. The molecule has 0 bridgehead atoms. The van der Waals surface area contributed by atoms with E-state index in [-0.39, 0.29) is 131 Å². The zero-order valence-electron chi connectivity index (χ0n) is 53.2. The smallest absolute Gasteiger partial charge is 0.394 e. The van der Waals surface area contributed by atoms with Crippen LogP contribution in [0.15, 0.2) is 0 Å². The standard InChI is InChI=1S/C60H107N5O22P2/c1-40-31-46(38-84-88(79)83-29-30-85-89(5,80)39-44-32-45(35-66)65(34-44)54(74)24-11-8-15-25-61-43(4)69)64(33-40)53(73)23-10-7-6-9-20-48(70)47(63-52(72)22-14-18-28-82-60-42(3)56(76)58(78)50(37-68)87-60)19-12-16-26-62-51(71)21-13-17-27-81-59-41(2)55(75)57(77)49(36-67)86-59/h40-42,44-47,49-50,55-60,66-68,75-78H,6-39H2,1-5H3,(H2-,61,62,63,69,71,72)/p+1/t40-,41?,42?,44-,45+,46+,47+,49?,50?,55?,56?,57?,58?,59?,60?,89?/m1/s1. The van der Waals surface area contributed by atoms with E-state index in [1.54, 1.807) is 23.6 Å². The molecule has 0 aromatic carbocycles. The van der Waals surface area contributed by atoms with E-state index in [4.69, 9.17) is 32.5 Å². The van der Waals surface area contributed by atoms with Gasteiger partial charge in [0.25, 0.3) is 0 Å². The minimum atomic E-state index is -3.14. The summed E-state index contributed by atoms with van der Waals surface area (Å²) >= 11 is 0. The van der Waals surface area contributed by atoms with E-state index in [2.05, 4.69) is 16.0 Å². The van der Waals surface area contributed by atoms with Crippen molar-refractivity contribution in [1.29, 1.82) is 0 Å². The van der Waals surface area contributed by atoms with E-state index in [0.717, 1.165) is 12.8 Å². The summed E-state index contributed by atoms with van der Waals surface area (Å²) in [6, 6.07) is -1.41. The van der Waals surface area contributed by atoms with Crippen molar-refractivity contribution in [3.05, 3.63) is 0 Å². The third kappa shape index (κ3) is 28.5. The molecule has 514 valence electrons. The number of aliphatic hydroxyl groups excluding tert-OH is 7. The van der Waals surface area contributed by atoms with Crippen molar-refractivity contribution < 1.29 is 106 Å². The second-order valence-electron chi connectivity index (χ2n) is 24.8. The molecule has 17 atom stereocenters. The highest BCUT2D eigenvalue weighted by atomic mass is 31.2. The lowest BCUT2D eigenvalue weighted by Crippen LogP contribution is -2.55. The number of amides is 5. The van der Waals surface area contributed by atoms with Gasteiger partial charge in [-0.3, -0.25) is 33.3 Å². The van der Waals surface area contributed by atoms with Crippen molar-refractivity contribution in [2.24, 2.45) is 23.7 Å². The van der Waals surface area contributed by atoms with Gasteiger partial charge < -0.3 is 85.0 Å². The fourth-order valence-corrected chi connectivity index (χ4v) is 14.2. The number of carbonyl (C=O) groups excluding carboxylic acids is 6. The Hall–Kier alpha value is -3.21. The zero-order valence-corrected chi connectivity index (χ0v) is 55.0. The molecule has 4 aliphatic heterocycles. The summed E-state index contributed by atoms with van der Waals surface area (Å²) in [5.74, 6) is -1.80. The molecule has 0 aromatic rings. The molecule has 0 spiro atoms. The van der Waals surface area contributed by atoms with Crippen LogP contribution >= 0.6 is 15.6 Å². The summed E-state index contributed by atoms with van der Waals surface area (Å²) in [6.07, 6.45) is 2.33. The lowest BCUT2D eigenvalue weighted by molar-refractivity contribution is -0.282. The molecule has 0 saturated carbocycles. The first-order valence-electron chi connectivity index (χ1n) is 32.4. The predicted octanol–water partition coefficient (Wildman–Crippen LogP) is 2.95. The molecule has 29 heteroatoms. The van der Waals surface area contributed by atoms with Crippen molar-refractivity contribution >= 4 is 50.9 Å². The molecule has 27 nitrogen and oxygen atoms in total. The maximum absolute atomic E-state index is 13.7. The number of rotatable bonds is 45. The molecule has 0 radical (unpaired) electrons. The zero-order chi connectivity index (χ0) is 65.5. The van der Waals surface area contributed by atoms with Gasteiger partial charge in [0, 0.05) is 108 Å². The summed E-state index contributed by atoms with van der Waals surface area (Å²) in [4.78, 5) is 80.4. The average molecular weight is 1310 g/mol. The van der Waals surface area contributed by atoms with Gasteiger partial charge in [0.2, 0.25) is 36.9 Å². The van der Waals surface area contributed by atoms with Crippen molar-refractivity contribution in [3.8, 4) is 0 Å². The molecule has 4 heterocycles. The first kappa shape index (κ1) is 78.2. The quantitative estimate of drug-likeness (QED) is 0.0309. The lowest BCUT2D eigenvalue weighted by Gasteiger charge is -2.40. The van der Waals surface area contributed by atoms with Gasteiger partial charge in [0.15, 0.2) is 18.4 Å². The van der Waals surface area contributed by atoms with Gasteiger partial charge in [-0.25, -0.2) is 0 Å². The Balaban J connectivity index is 1.13. The SMILES string of the molecule is CC(=O)NCCCCCC(=O)N1C[C@H](CP(C)(=O)OCCO[P+](=O)OC[C@@H]2C[C@@H](C)CN2C(=O)CCCCCCC(=O)[C@H](CCCCNC(=O)CCCCOC2OC(CO)C(O)C(O)C2C)NC(=O)CCCCOC2OC(CO)C(O)C(O)C2C)C[C@H]1CO. The average Bonchev–Trinajstić information content (AvgIpc) is 2.23. The van der Waals surface area contributed by atoms with Gasteiger partial charge >= 0.3 is 8.25 Å². The van der Waals surface area contributed by atoms with Crippen molar-refractivity contribution in [3.63, 3.8) is 0 Å². The normalized spacial score (nSPS) is 28.3. The summed E-state index contributed by atoms with van der Waals surface area (Å²) in [5.41, 5.74) is 0. The fourth-order valence-electron chi connectivity index (χ4n) is 11.9. The number of hydrogen-bond acceptors (Lipinski definition) is 22. The van der Waals surface area contributed by atoms with E-state index >= 15 is 0 Å². The van der Waals surface area contributed by atoms with Crippen molar-refractivity contribution in [2.75, 3.05) is 91.9 Å². The third-order valence-corrected chi connectivity index (χ3v) is 19.8. The molecular weight excluding hydrogens is 1200 g/mol. The molecule has 5 amide bonds. The molecule has 4 rings (SSSR count). The highest BCUT2D eigenvalue weighted by Crippen LogP contribution is 2.47. The van der Waals surface area contributed by atoms with Gasteiger partial charge in [-0.1, -0.05) is 40.0 Å². The van der Waals surface area contributed by atoms with E-state index in [1.165, 1.54) is 13.6 Å². The minimum Gasteiger partial charge on any atom is -0.394 e. The van der Waals surface area contributed by atoms with Crippen LogP contribution in [-0.2, 0) is 70.4 Å². The second kappa shape index (κ2) is 42.2. The Kier molecular flexibility index (Phi) is 37.1. The molecule has 10 N–H and O–H groups in total. The molecule has 0 aromatic heterocycles. The maximum atomic E-state index is 13.7. The predicted molar refractivity (Wildman–Crippen MR) is 326 cm³/mol. The number of carbonyl (C=O) groups is 6. The molecule has 4 fully saturated rings. The van der Waals surface area contributed by atoms with E-state index in [9.17, 15) is 73.6 Å². The van der Waals surface area contributed by atoms with Crippen molar-refractivity contribution in [1.82, 2.24) is 25.8 Å². The number of unbranched alkanes of at least 4 members (excludes halogenated alkanes) is 8. The Morgan fingerprint density at radius 1 is 0.596 bits per heavy atom. The minimum absolute atomic E-state index is 0.00483. The molecule has 0 aliphatic carbocycles. The lowest BCUT2D eigenvalue weighted by atomic mass is 9.92. The van der Waals surface area contributed by atoms with Crippen LogP contribution in [0.1, 0.15) is 163 Å². The number of ether oxygens (including phenoxy) is 4. The highest BCUT2D eigenvalue weighted by Gasteiger charge is 2.44. The monoisotopic (exact) mass is 1310 g/mol. The largest absolute Gasteiger partial charge is 0.697 e. The second-order valence-corrected chi connectivity index (χ2v) is 28.5. The Labute approximate surface area is 526 Å². The summed E-state index contributed by atoms with van der Waals surface area (Å²) in [5, 5.41) is 78.3. The molecule has 4 aliphatic rings. The van der Waals surface area contributed by atoms with E-state index < -0.39 is 95.9 Å². The molecular formula is C60H108N5O22P2+. The van der Waals surface area contributed by atoms with Gasteiger partial charge in [0.1, 0.15) is 37.6 Å². The molecule has 4 saturated heterocycles. The van der Waals surface area contributed by atoms with Gasteiger partial charge in [-0.15, -0.1) is 9.05 Å². The van der Waals surface area contributed by atoms with Crippen LogP contribution in [0.3, 0.4) is 0 Å².